The molecule has 1 heterocycles. The van der Waals surface area contributed by atoms with Gasteiger partial charge in [-0.25, -0.2) is 8.93 Å². The van der Waals surface area contributed by atoms with Crippen LogP contribution in [0.5, 0.6) is 0 Å². The maximum Gasteiger partial charge on any atom is 0.169 e. The number of carbonyl (C=O) groups excluding carboxylic acids is 1. The van der Waals surface area contributed by atoms with Crippen molar-refractivity contribution in [2.75, 3.05) is 7.05 Å². The van der Waals surface area contributed by atoms with Crippen LogP contribution in [0.15, 0.2) is 40.6 Å². The Labute approximate surface area is 156 Å². The number of ketones is 1. The molecule has 2 atom stereocenters. The summed E-state index contributed by atoms with van der Waals surface area (Å²) >= 11 is 7.05. The molecule has 2 aromatic rings. The van der Waals surface area contributed by atoms with Crippen molar-refractivity contribution in [3.8, 4) is 0 Å². The summed E-state index contributed by atoms with van der Waals surface area (Å²) in [6, 6.07) is 11.5. The number of benzene rings is 1. The third-order valence-corrected chi connectivity index (χ3v) is 6.27. The molecule has 132 valence electrons. The van der Waals surface area contributed by atoms with Gasteiger partial charge in [-0.3, -0.25) is 4.79 Å². The molecule has 0 amide bonds. The van der Waals surface area contributed by atoms with Gasteiger partial charge in [0.05, 0.1) is 4.88 Å². The Morgan fingerprint density at radius 2 is 1.88 bits per heavy atom. The van der Waals surface area contributed by atoms with Crippen molar-refractivity contribution in [2.24, 2.45) is 0 Å². The lowest BCUT2D eigenvalue weighted by molar-refractivity contribution is 0.102. The summed E-state index contributed by atoms with van der Waals surface area (Å²) in [6.45, 7) is 5.97. The number of halogens is 1. The number of Topliss-reactive ketones (excluding diaryl/α,β-unsaturated/α-hetero) is 1. The van der Waals surface area contributed by atoms with Crippen LogP contribution < -0.4 is 4.72 Å². The second kappa shape index (κ2) is 10.8. The molecular weight excluding hydrogens is 362 g/mol. The van der Waals surface area contributed by atoms with Crippen molar-refractivity contribution in [3.63, 3.8) is 0 Å². The third-order valence-electron chi connectivity index (χ3n) is 3.46. The number of carbonyl (C=O) groups is 1. The summed E-state index contributed by atoms with van der Waals surface area (Å²) in [5.41, 5.74) is 1.39. The highest BCUT2D eigenvalue weighted by Crippen LogP contribution is 2.22. The van der Waals surface area contributed by atoms with Gasteiger partial charge in [-0.05, 0) is 56.1 Å². The van der Waals surface area contributed by atoms with Crippen LogP contribution in [0.1, 0.15) is 54.8 Å². The van der Waals surface area contributed by atoms with E-state index in [0.29, 0.717) is 15.0 Å². The van der Waals surface area contributed by atoms with Crippen LogP contribution in [-0.4, -0.2) is 17.0 Å². The van der Waals surface area contributed by atoms with Crippen LogP contribution in [0.25, 0.3) is 0 Å². The highest BCUT2D eigenvalue weighted by molar-refractivity contribution is 7.85. The highest BCUT2D eigenvalue weighted by Gasteiger charge is 2.07. The first-order chi connectivity index (χ1) is 11.4. The summed E-state index contributed by atoms with van der Waals surface area (Å²) in [5.74, 6) is 0.673. The number of thiophene rings is 1. The molecule has 0 aliphatic heterocycles. The molecule has 0 saturated heterocycles. The standard InChI is InChI=1S/C11H15Cl.C7H9NO2S2/c1-3-4-9(2)10-5-7-11(12)8-6-10;1-5(9)6-3-4-7(11-6)12(10)8-2/h5-9H,3-4H2,1-2H3;3-4,8H,1-2H3. The van der Waals surface area contributed by atoms with Crippen LogP contribution in [0.3, 0.4) is 0 Å². The summed E-state index contributed by atoms with van der Waals surface area (Å²) in [4.78, 5) is 11.5. The van der Waals surface area contributed by atoms with E-state index in [1.54, 1.807) is 19.2 Å². The molecule has 1 N–H and O–H groups in total. The van der Waals surface area contributed by atoms with Crippen molar-refractivity contribution in [2.45, 2.75) is 43.7 Å². The maximum atomic E-state index is 11.1. The molecule has 0 aliphatic rings. The Morgan fingerprint density at radius 1 is 1.25 bits per heavy atom. The summed E-state index contributed by atoms with van der Waals surface area (Å²) in [5, 5.41) is 0.822. The lowest BCUT2D eigenvalue weighted by Crippen LogP contribution is -2.08. The van der Waals surface area contributed by atoms with Crippen LogP contribution in [0.2, 0.25) is 5.02 Å². The Hall–Kier alpha value is -1.01. The summed E-state index contributed by atoms with van der Waals surface area (Å²) in [7, 11) is 0.445. The van der Waals surface area contributed by atoms with Crippen LogP contribution in [0.4, 0.5) is 0 Å². The van der Waals surface area contributed by atoms with E-state index in [4.69, 9.17) is 11.6 Å². The average Bonchev–Trinajstić information content (AvgIpc) is 3.06. The maximum absolute atomic E-state index is 11.1. The first-order valence-electron chi connectivity index (χ1n) is 7.84. The molecule has 0 radical (unpaired) electrons. The highest BCUT2D eigenvalue weighted by atomic mass is 35.5. The summed E-state index contributed by atoms with van der Waals surface area (Å²) in [6.07, 6.45) is 2.49. The van der Waals surface area contributed by atoms with Gasteiger partial charge in [0.2, 0.25) is 0 Å². The van der Waals surface area contributed by atoms with E-state index in [9.17, 15) is 9.00 Å². The first-order valence-corrected chi connectivity index (χ1v) is 10.2. The van der Waals surface area contributed by atoms with Gasteiger partial charge in [-0.15, -0.1) is 11.3 Å². The molecule has 1 aromatic carbocycles. The largest absolute Gasteiger partial charge is 0.294 e. The van der Waals surface area contributed by atoms with Gasteiger partial charge in [0.1, 0.15) is 15.2 Å². The first kappa shape index (κ1) is 21.0. The van der Waals surface area contributed by atoms with Crippen molar-refractivity contribution in [1.29, 1.82) is 0 Å². The van der Waals surface area contributed by atoms with Crippen molar-refractivity contribution < 1.29 is 9.00 Å². The third kappa shape index (κ3) is 6.85. The Kier molecular flexibility index (Phi) is 9.44. The molecule has 0 saturated carbocycles. The minimum Gasteiger partial charge on any atom is -0.294 e. The van der Waals surface area contributed by atoms with Crippen molar-refractivity contribution in [3.05, 3.63) is 51.9 Å². The van der Waals surface area contributed by atoms with Crippen molar-refractivity contribution >= 4 is 39.7 Å². The van der Waals surface area contributed by atoms with Gasteiger partial charge in [0.15, 0.2) is 5.78 Å². The van der Waals surface area contributed by atoms with Gasteiger partial charge >= 0.3 is 0 Å². The quantitative estimate of drug-likeness (QED) is 0.673. The van der Waals surface area contributed by atoms with Gasteiger partial charge in [0.25, 0.3) is 0 Å². The number of rotatable bonds is 6. The molecule has 2 unspecified atom stereocenters. The van der Waals surface area contributed by atoms with Gasteiger partial charge in [-0.1, -0.05) is 44.0 Å². The molecule has 24 heavy (non-hydrogen) atoms. The SMILES string of the molecule is CCCC(C)c1ccc(Cl)cc1.CNS(=O)c1ccc(C(C)=O)s1. The topological polar surface area (TPSA) is 46.2 Å². The Bertz CT molecular complexity index is 668. The molecule has 0 spiro atoms. The monoisotopic (exact) mass is 385 g/mol. The molecular formula is C18H24ClNO2S2. The van der Waals surface area contributed by atoms with Gasteiger partial charge < -0.3 is 0 Å². The van der Waals surface area contributed by atoms with Crippen LogP contribution in [0, 0.1) is 0 Å². The minimum absolute atomic E-state index is 0.0133. The normalized spacial score (nSPS) is 12.9. The van der Waals surface area contributed by atoms with Crippen molar-refractivity contribution in [1.82, 2.24) is 4.72 Å². The second-order valence-corrected chi connectivity index (χ2v) is 8.55. The zero-order valence-electron chi connectivity index (χ0n) is 14.5. The smallest absolute Gasteiger partial charge is 0.169 e. The molecule has 3 nitrogen and oxygen atoms in total. The fraction of sp³-hybridized carbons (Fsp3) is 0.389. The predicted octanol–water partition coefficient (Wildman–Crippen LogP) is 5.44. The molecule has 2 rings (SSSR count). The van der Waals surface area contributed by atoms with E-state index in [1.165, 1.54) is 36.7 Å². The lowest BCUT2D eigenvalue weighted by atomic mass is 9.97. The van der Waals surface area contributed by atoms with E-state index in [1.807, 2.05) is 12.1 Å². The molecule has 6 heteroatoms. The Morgan fingerprint density at radius 3 is 2.33 bits per heavy atom. The van der Waals surface area contributed by atoms with E-state index < -0.39 is 11.0 Å². The molecule has 0 aliphatic carbocycles. The van der Waals surface area contributed by atoms with E-state index in [2.05, 4.69) is 30.7 Å². The Balaban J connectivity index is 0.000000240. The number of hydrogen-bond donors (Lipinski definition) is 1. The average molecular weight is 386 g/mol. The van der Waals surface area contributed by atoms with Gasteiger partial charge in [-0.2, -0.15) is 0 Å². The molecule has 0 fully saturated rings. The van der Waals surface area contributed by atoms with Crippen LogP contribution in [-0.2, 0) is 11.0 Å². The fourth-order valence-corrected chi connectivity index (χ4v) is 4.07. The minimum atomic E-state index is -1.17. The second-order valence-electron chi connectivity index (χ2n) is 5.39. The fourth-order valence-electron chi connectivity index (χ4n) is 2.10. The zero-order valence-corrected chi connectivity index (χ0v) is 16.9. The molecule has 0 bridgehead atoms. The lowest BCUT2D eigenvalue weighted by Gasteiger charge is -2.09. The van der Waals surface area contributed by atoms with E-state index in [-0.39, 0.29) is 5.78 Å². The van der Waals surface area contributed by atoms with E-state index >= 15 is 0 Å². The predicted molar refractivity (Wildman–Crippen MR) is 105 cm³/mol. The zero-order chi connectivity index (χ0) is 18.1. The number of hydrogen-bond acceptors (Lipinski definition) is 3. The van der Waals surface area contributed by atoms with Gasteiger partial charge in [0, 0.05) is 5.02 Å². The van der Waals surface area contributed by atoms with E-state index in [0.717, 1.165) is 5.02 Å². The molecule has 1 aromatic heterocycles. The number of nitrogens with one attached hydrogen (secondary N) is 1. The summed E-state index contributed by atoms with van der Waals surface area (Å²) < 4.78 is 14.4. The van der Waals surface area contributed by atoms with Crippen LogP contribution >= 0.6 is 22.9 Å².